The number of H-pyrrole nitrogens is 1. The number of phenolic OH excluding ortho intramolecular Hbond substituents is 1. The van der Waals surface area contributed by atoms with E-state index in [1.54, 1.807) is 10.6 Å². The van der Waals surface area contributed by atoms with E-state index in [4.69, 9.17) is 4.74 Å². The summed E-state index contributed by atoms with van der Waals surface area (Å²) in [5, 5.41) is 18.5. The van der Waals surface area contributed by atoms with Gasteiger partial charge in [-0.25, -0.2) is 14.5 Å². The lowest BCUT2D eigenvalue weighted by molar-refractivity contribution is 0.131. The largest absolute Gasteiger partial charge is 0.508 e. The van der Waals surface area contributed by atoms with Gasteiger partial charge in [-0.2, -0.15) is 5.10 Å². The Morgan fingerprint density at radius 2 is 1.87 bits per heavy atom. The molecule has 0 amide bonds. The van der Waals surface area contributed by atoms with Crippen LogP contribution in [0.2, 0.25) is 0 Å². The maximum atomic E-state index is 12.8. The van der Waals surface area contributed by atoms with Gasteiger partial charge in [-0.05, 0) is 62.6 Å². The summed E-state index contributed by atoms with van der Waals surface area (Å²) in [5.41, 5.74) is 2.34. The predicted octanol–water partition coefficient (Wildman–Crippen LogP) is 4.73. The van der Waals surface area contributed by atoms with Crippen LogP contribution in [0.25, 0.3) is 28.0 Å². The summed E-state index contributed by atoms with van der Waals surface area (Å²) in [6.07, 6.45) is 1.98. The van der Waals surface area contributed by atoms with Crippen LogP contribution in [0, 0.1) is 0 Å². The molecule has 4 rings (SSSR count). The number of benzene rings is 2. The van der Waals surface area contributed by atoms with Gasteiger partial charge in [0.1, 0.15) is 17.1 Å². The van der Waals surface area contributed by atoms with Crippen molar-refractivity contribution in [1.82, 2.24) is 19.3 Å². The van der Waals surface area contributed by atoms with E-state index < -0.39 is 5.60 Å². The van der Waals surface area contributed by atoms with Crippen molar-refractivity contribution >= 4 is 10.9 Å². The number of rotatable bonds is 4. The number of aromatic amines is 1. The summed E-state index contributed by atoms with van der Waals surface area (Å²) in [6.45, 7) is 9.82. The quantitative estimate of drug-likeness (QED) is 0.500. The summed E-state index contributed by atoms with van der Waals surface area (Å²) in [7, 11) is 1.98. The molecule has 0 aliphatic rings. The third-order valence-electron chi connectivity index (χ3n) is 5.21. The van der Waals surface area contributed by atoms with E-state index in [9.17, 15) is 9.90 Å². The Bertz CT molecular complexity index is 1320. The van der Waals surface area contributed by atoms with Crippen LogP contribution in [0.15, 0.2) is 47.4 Å². The highest BCUT2D eigenvalue weighted by Gasteiger charge is 2.23. The third kappa shape index (κ3) is 3.83. The Hall–Kier alpha value is -3.48. The van der Waals surface area contributed by atoms with Gasteiger partial charge in [0, 0.05) is 30.2 Å². The smallest absolute Gasteiger partial charge is 0.348 e. The molecule has 7 heteroatoms. The van der Waals surface area contributed by atoms with Crippen molar-refractivity contribution in [2.24, 2.45) is 7.05 Å². The number of hydrogen-bond acceptors (Lipinski definition) is 4. The first-order chi connectivity index (χ1) is 14.5. The topological polar surface area (TPSA) is 85.1 Å². The zero-order chi connectivity index (χ0) is 22.5. The Labute approximate surface area is 180 Å². The zero-order valence-electron chi connectivity index (χ0n) is 18.7. The molecule has 2 aromatic heterocycles. The predicted molar refractivity (Wildman–Crippen MR) is 122 cm³/mol. The molecule has 0 bridgehead atoms. The molecule has 4 aromatic rings. The summed E-state index contributed by atoms with van der Waals surface area (Å²) >= 11 is 0. The monoisotopic (exact) mass is 420 g/mol. The molecule has 0 aliphatic heterocycles. The van der Waals surface area contributed by atoms with Gasteiger partial charge < -0.3 is 14.4 Å². The Balaban J connectivity index is 1.96. The lowest BCUT2D eigenvalue weighted by Crippen LogP contribution is -2.23. The fourth-order valence-electron chi connectivity index (χ4n) is 3.76. The number of phenols is 1. The fourth-order valence-corrected chi connectivity index (χ4v) is 3.76. The number of aromatic hydroxyl groups is 1. The average Bonchev–Trinajstić information content (AvgIpc) is 3.23. The minimum absolute atomic E-state index is 0.0854. The number of nitrogens with zero attached hydrogens (tertiary/aromatic N) is 3. The second kappa shape index (κ2) is 7.34. The van der Waals surface area contributed by atoms with Gasteiger partial charge in [-0.15, -0.1) is 0 Å². The number of ether oxygens (including phenoxy) is 1. The van der Waals surface area contributed by atoms with Gasteiger partial charge >= 0.3 is 5.69 Å². The first-order valence-corrected chi connectivity index (χ1v) is 10.3. The number of nitrogens with one attached hydrogen (secondary N) is 1. The first kappa shape index (κ1) is 20.8. The Morgan fingerprint density at radius 3 is 2.55 bits per heavy atom. The highest BCUT2D eigenvalue weighted by molar-refractivity contribution is 5.82. The molecule has 2 aromatic carbocycles. The normalized spacial score (nSPS) is 12.1. The minimum Gasteiger partial charge on any atom is -0.508 e. The second-order valence-corrected chi connectivity index (χ2v) is 9.13. The van der Waals surface area contributed by atoms with Crippen LogP contribution in [0.5, 0.6) is 11.5 Å². The van der Waals surface area contributed by atoms with E-state index in [-0.39, 0.29) is 17.4 Å². The van der Waals surface area contributed by atoms with Gasteiger partial charge in [0.15, 0.2) is 5.82 Å². The van der Waals surface area contributed by atoms with Gasteiger partial charge in [-0.1, -0.05) is 13.8 Å². The average molecular weight is 421 g/mol. The van der Waals surface area contributed by atoms with Crippen molar-refractivity contribution in [3.05, 3.63) is 58.6 Å². The zero-order valence-corrected chi connectivity index (χ0v) is 18.7. The number of hydrogen-bond donors (Lipinski definition) is 2. The molecule has 31 heavy (non-hydrogen) atoms. The first-order valence-electron chi connectivity index (χ1n) is 10.3. The van der Waals surface area contributed by atoms with Crippen LogP contribution in [0.1, 0.15) is 46.1 Å². The minimum atomic E-state index is -0.495. The molecule has 2 heterocycles. The standard InChI is InChI=1S/C24H28N4O3/c1-14(2)17-12-18(21(13-20(17)29)31-24(3,4)5)22-25-26-23(30)28(22)16-7-8-19-15(11-16)9-10-27(19)6/h7-14,29H,1-6H3,(H,26,30). The molecular weight excluding hydrogens is 392 g/mol. The highest BCUT2D eigenvalue weighted by atomic mass is 16.5. The van der Waals surface area contributed by atoms with Gasteiger partial charge in [0.2, 0.25) is 0 Å². The van der Waals surface area contributed by atoms with Crippen molar-refractivity contribution in [2.45, 2.75) is 46.1 Å². The van der Waals surface area contributed by atoms with Crippen molar-refractivity contribution in [2.75, 3.05) is 0 Å². The number of aromatic nitrogens is 4. The molecule has 0 spiro atoms. The van der Waals surface area contributed by atoms with Crippen LogP contribution in [0.3, 0.4) is 0 Å². The number of aryl methyl sites for hydroxylation is 1. The van der Waals surface area contributed by atoms with E-state index in [2.05, 4.69) is 10.2 Å². The molecule has 2 N–H and O–H groups in total. The van der Waals surface area contributed by atoms with E-state index in [1.807, 2.05) is 82.8 Å². The molecule has 0 saturated heterocycles. The lowest BCUT2D eigenvalue weighted by atomic mass is 9.98. The van der Waals surface area contributed by atoms with E-state index in [1.165, 1.54) is 0 Å². The molecule has 162 valence electrons. The van der Waals surface area contributed by atoms with Crippen molar-refractivity contribution in [3.8, 4) is 28.6 Å². The summed E-state index contributed by atoms with van der Waals surface area (Å²) in [4.78, 5) is 12.8. The van der Waals surface area contributed by atoms with Crippen molar-refractivity contribution < 1.29 is 9.84 Å². The number of fused-ring (bicyclic) bond motifs is 1. The molecule has 0 radical (unpaired) electrons. The van der Waals surface area contributed by atoms with E-state index in [0.29, 0.717) is 22.8 Å². The molecule has 0 unspecified atom stereocenters. The van der Waals surface area contributed by atoms with Gasteiger partial charge in [0.25, 0.3) is 0 Å². The maximum absolute atomic E-state index is 12.8. The second-order valence-electron chi connectivity index (χ2n) is 9.13. The van der Waals surface area contributed by atoms with Gasteiger partial charge in [-0.3, -0.25) is 0 Å². The lowest BCUT2D eigenvalue weighted by Gasteiger charge is -2.24. The van der Waals surface area contributed by atoms with Crippen LogP contribution in [-0.4, -0.2) is 30.0 Å². The molecule has 0 fully saturated rings. The highest BCUT2D eigenvalue weighted by Crippen LogP contribution is 2.39. The molecular formula is C24H28N4O3. The molecule has 0 aliphatic carbocycles. The van der Waals surface area contributed by atoms with Crippen LogP contribution in [0.4, 0.5) is 0 Å². The Kier molecular flexibility index (Phi) is 4.92. The fraction of sp³-hybridized carbons (Fsp3) is 0.333. The molecule has 7 nitrogen and oxygen atoms in total. The van der Waals surface area contributed by atoms with Crippen LogP contribution >= 0.6 is 0 Å². The molecule has 0 atom stereocenters. The van der Waals surface area contributed by atoms with E-state index in [0.717, 1.165) is 16.5 Å². The van der Waals surface area contributed by atoms with Crippen molar-refractivity contribution in [3.63, 3.8) is 0 Å². The summed E-state index contributed by atoms with van der Waals surface area (Å²) in [5.74, 6) is 1.15. The van der Waals surface area contributed by atoms with Crippen molar-refractivity contribution in [1.29, 1.82) is 0 Å². The van der Waals surface area contributed by atoms with Gasteiger partial charge in [0.05, 0.1) is 11.3 Å². The summed E-state index contributed by atoms with van der Waals surface area (Å²) in [6, 6.07) is 11.3. The Morgan fingerprint density at radius 1 is 1.13 bits per heavy atom. The van der Waals surface area contributed by atoms with Crippen LogP contribution in [-0.2, 0) is 7.05 Å². The van der Waals surface area contributed by atoms with Crippen LogP contribution < -0.4 is 10.4 Å². The molecule has 0 saturated carbocycles. The summed E-state index contributed by atoms with van der Waals surface area (Å²) < 4.78 is 9.71. The van der Waals surface area contributed by atoms with E-state index >= 15 is 0 Å². The SMILES string of the molecule is CC(C)c1cc(-c2n[nH]c(=O)n2-c2ccc3c(ccn3C)c2)c(OC(C)(C)C)cc1O. The maximum Gasteiger partial charge on any atom is 0.348 e. The third-order valence-corrected chi connectivity index (χ3v) is 5.21.